The number of ether oxygens (including phenoxy) is 2. The summed E-state index contributed by atoms with van der Waals surface area (Å²) in [6.45, 7) is 0.272. The van der Waals surface area contributed by atoms with Gasteiger partial charge in [-0.1, -0.05) is 60.4 Å². The number of nitrogens with zero attached hydrogens (tertiary/aromatic N) is 1. The Hall–Kier alpha value is -4.31. The van der Waals surface area contributed by atoms with Crippen LogP contribution in [0.2, 0.25) is 0 Å². The Labute approximate surface area is 185 Å². The average molecular weight is 428 g/mol. The highest BCUT2D eigenvalue weighted by Crippen LogP contribution is 2.44. The predicted octanol–water partition coefficient (Wildman–Crippen LogP) is 4.49. The molecule has 0 saturated carbocycles. The minimum absolute atomic E-state index is 0.0147. The van der Waals surface area contributed by atoms with Crippen LogP contribution < -0.4 is 10.1 Å². The molecule has 0 spiro atoms. The Kier molecular flexibility index (Phi) is 6.04. The number of hydrogen-bond acceptors (Lipinski definition) is 5. The first-order valence-electron chi connectivity index (χ1n) is 9.98. The first kappa shape index (κ1) is 20.9. The zero-order valence-corrected chi connectivity index (χ0v) is 17.3. The van der Waals surface area contributed by atoms with Gasteiger partial charge in [-0.25, -0.2) is 4.79 Å². The Bertz CT molecular complexity index is 1200. The lowest BCUT2D eigenvalue weighted by molar-refractivity contribution is -0.385. The molecule has 1 aliphatic carbocycles. The van der Waals surface area contributed by atoms with E-state index in [1.54, 1.807) is 6.07 Å². The molecular formula is C25H20N2O5. The highest BCUT2D eigenvalue weighted by atomic mass is 16.6. The van der Waals surface area contributed by atoms with E-state index < -0.39 is 11.0 Å². The topological polar surface area (TPSA) is 90.7 Å². The van der Waals surface area contributed by atoms with E-state index in [2.05, 4.69) is 41.4 Å². The second-order valence-electron chi connectivity index (χ2n) is 7.12. The van der Waals surface area contributed by atoms with Crippen LogP contribution in [0.4, 0.5) is 10.5 Å². The molecule has 0 aliphatic heterocycles. The third kappa shape index (κ3) is 4.25. The van der Waals surface area contributed by atoms with Gasteiger partial charge in [0.2, 0.25) is 0 Å². The Balaban J connectivity index is 1.35. The van der Waals surface area contributed by atoms with E-state index in [1.807, 2.05) is 24.3 Å². The SMILES string of the molecule is COc1ccc(C#CCNC(=O)OCC2c3ccccc3-c3ccccc32)cc1[N+](=O)[O-]. The van der Waals surface area contributed by atoms with Gasteiger partial charge in [0.1, 0.15) is 6.61 Å². The summed E-state index contributed by atoms with van der Waals surface area (Å²) in [5.74, 6) is 5.71. The van der Waals surface area contributed by atoms with Gasteiger partial charge < -0.3 is 14.8 Å². The van der Waals surface area contributed by atoms with Crippen molar-refractivity contribution in [2.75, 3.05) is 20.3 Å². The molecule has 0 fully saturated rings. The van der Waals surface area contributed by atoms with Crippen molar-refractivity contribution >= 4 is 11.8 Å². The summed E-state index contributed by atoms with van der Waals surface area (Å²) >= 11 is 0. The van der Waals surface area contributed by atoms with Gasteiger partial charge in [-0.3, -0.25) is 10.1 Å². The van der Waals surface area contributed by atoms with Crippen LogP contribution in [0.25, 0.3) is 11.1 Å². The van der Waals surface area contributed by atoms with Gasteiger partial charge in [0, 0.05) is 17.5 Å². The first-order chi connectivity index (χ1) is 15.6. The van der Waals surface area contributed by atoms with E-state index >= 15 is 0 Å². The third-order valence-electron chi connectivity index (χ3n) is 5.27. The minimum Gasteiger partial charge on any atom is -0.490 e. The lowest BCUT2D eigenvalue weighted by Crippen LogP contribution is -2.26. The molecule has 160 valence electrons. The number of benzene rings is 3. The normalized spacial score (nSPS) is 11.5. The number of nitrogens with one attached hydrogen (secondary N) is 1. The summed E-state index contributed by atoms with van der Waals surface area (Å²) in [5, 5.41) is 13.7. The molecule has 1 N–H and O–H groups in total. The van der Waals surface area contributed by atoms with E-state index in [0.29, 0.717) is 5.56 Å². The molecule has 1 amide bonds. The van der Waals surface area contributed by atoms with Crippen LogP contribution in [0.3, 0.4) is 0 Å². The van der Waals surface area contributed by atoms with E-state index in [1.165, 1.54) is 19.2 Å². The first-order valence-corrected chi connectivity index (χ1v) is 9.98. The van der Waals surface area contributed by atoms with Crippen molar-refractivity contribution in [1.29, 1.82) is 0 Å². The number of rotatable bonds is 5. The van der Waals surface area contributed by atoms with Crippen LogP contribution in [0.5, 0.6) is 5.75 Å². The lowest BCUT2D eigenvalue weighted by atomic mass is 9.98. The second kappa shape index (κ2) is 9.23. The molecule has 0 heterocycles. The van der Waals surface area contributed by atoms with Crippen LogP contribution in [0.15, 0.2) is 66.7 Å². The van der Waals surface area contributed by atoms with Crippen LogP contribution in [-0.2, 0) is 4.74 Å². The minimum atomic E-state index is -0.568. The lowest BCUT2D eigenvalue weighted by Gasteiger charge is -2.14. The van der Waals surface area contributed by atoms with E-state index in [4.69, 9.17) is 9.47 Å². The number of nitro benzene ring substituents is 1. The van der Waals surface area contributed by atoms with Crippen molar-refractivity contribution < 1.29 is 19.2 Å². The third-order valence-corrected chi connectivity index (χ3v) is 5.27. The number of methoxy groups -OCH3 is 1. The molecule has 3 aromatic carbocycles. The second-order valence-corrected chi connectivity index (χ2v) is 7.12. The van der Waals surface area contributed by atoms with Crippen molar-refractivity contribution in [3.05, 3.63) is 93.5 Å². The van der Waals surface area contributed by atoms with Crippen molar-refractivity contribution in [2.24, 2.45) is 0 Å². The molecule has 3 aromatic rings. The molecule has 7 nitrogen and oxygen atoms in total. The maximum Gasteiger partial charge on any atom is 0.407 e. The number of amides is 1. The van der Waals surface area contributed by atoms with Crippen LogP contribution >= 0.6 is 0 Å². The summed E-state index contributed by atoms with van der Waals surface area (Å²) in [4.78, 5) is 22.7. The van der Waals surface area contributed by atoms with Crippen LogP contribution in [0, 0.1) is 22.0 Å². The Morgan fingerprint density at radius 2 is 1.72 bits per heavy atom. The molecule has 1 aliphatic rings. The number of carbonyl (C=O) groups excluding carboxylic acids is 1. The molecule has 0 saturated heterocycles. The predicted molar refractivity (Wildman–Crippen MR) is 120 cm³/mol. The van der Waals surface area contributed by atoms with E-state index in [0.717, 1.165) is 22.3 Å². The summed E-state index contributed by atoms with van der Waals surface area (Å²) in [5.41, 5.74) is 4.90. The zero-order valence-electron chi connectivity index (χ0n) is 17.3. The van der Waals surface area contributed by atoms with Gasteiger partial charge in [-0.15, -0.1) is 0 Å². The average Bonchev–Trinajstić information content (AvgIpc) is 3.14. The molecule has 7 heteroatoms. The van der Waals surface area contributed by atoms with Gasteiger partial charge in [0.05, 0.1) is 18.6 Å². The molecular weight excluding hydrogens is 408 g/mol. The Morgan fingerprint density at radius 3 is 2.34 bits per heavy atom. The maximum absolute atomic E-state index is 12.2. The Morgan fingerprint density at radius 1 is 1.06 bits per heavy atom. The fourth-order valence-corrected chi connectivity index (χ4v) is 3.82. The molecule has 0 radical (unpaired) electrons. The van der Waals surface area contributed by atoms with Gasteiger partial charge >= 0.3 is 11.8 Å². The molecule has 0 aromatic heterocycles. The quantitative estimate of drug-likeness (QED) is 0.367. The van der Waals surface area contributed by atoms with E-state index in [-0.39, 0.29) is 30.5 Å². The summed E-state index contributed by atoms with van der Waals surface area (Å²) in [7, 11) is 1.37. The zero-order chi connectivity index (χ0) is 22.5. The summed E-state index contributed by atoms with van der Waals surface area (Å²) in [6.07, 6.45) is -0.568. The number of nitro groups is 1. The van der Waals surface area contributed by atoms with Crippen LogP contribution in [0.1, 0.15) is 22.6 Å². The van der Waals surface area contributed by atoms with Gasteiger partial charge in [0.25, 0.3) is 0 Å². The summed E-state index contributed by atoms with van der Waals surface area (Å²) < 4.78 is 10.4. The molecule has 0 atom stereocenters. The molecule has 32 heavy (non-hydrogen) atoms. The van der Waals surface area contributed by atoms with Crippen LogP contribution in [-0.4, -0.2) is 31.3 Å². The number of alkyl carbamates (subject to hydrolysis) is 1. The van der Waals surface area contributed by atoms with Crippen molar-refractivity contribution in [3.63, 3.8) is 0 Å². The van der Waals surface area contributed by atoms with Gasteiger partial charge in [-0.05, 0) is 34.4 Å². The summed E-state index contributed by atoms with van der Waals surface area (Å²) in [6, 6.07) is 20.7. The van der Waals surface area contributed by atoms with E-state index in [9.17, 15) is 14.9 Å². The molecule has 4 rings (SSSR count). The van der Waals surface area contributed by atoms with Crippen molar-refractivity contribution in [3.8, 4) is 28.7 Å². The number of fused-ring (bicyclic) bond motifs is 3. The largest absolute Gasteiger partial charge is 0.490 e. The van der Waals surface area contributed by atoms with Gasteiger partial charge in [-0.2, -0.15) is 0 Å². The number of hydrogen-bond donors (Lipinski definition) is 1. The standard InChI is InChI=1S/C25H20N2O5/c1-31-24-13-12-17(15-23(24)27(29)30)7-6-14-26-25(28)32-16-22-20-10-4-2-8-18(20)19-9-3-5-11-21(19)22/h2-5,8-13,15,22H,14,16H2,1H3,(H,26,28). The molecule has 0 unspecified atom stereocenters. The highest BCUT2D eigenvalue weighted by molar-refractivity contribution is 5.79. The van der Waals surface area contributed by atoms with Crippen molar-refractivity contribution in [2.45, 2.75) is 5.92 Å². The maximum atomic E-state index is 12.2. The highest BCUT2D eigenvalue weighted by Gasteiger charge is 2.28. The van der Waals surface area contributed by atoms with Gasteiger partial charge in [0.15, 0.2) is 5.75 Å². The van der Waals surface area contributed by atoms with Crippen molar-refractivity contribution in [1.82, 2.24) is 5.32 Å². The fraction of sp³-hybridized carbons (Fsp3) is 0.160. The smallest absolute Gasteiger partial charge is 0.407 e. The fourth-order valence-electron chi connectivity index (χ4n) is 3.82. The monoisotopic (exact) mass is 428 g/mol. The molecule has 0 bridgehead atoms. The number of carbonyl (C=O) groups is 1.